The fourth-order valence-corrected chi connectivity index (χ4v) is 4.20. The van der Waals surface area contributed by atoms with E-state index in [1.165, 1.54) is 0 Å². The monoisotopic (exact) mass is 332 g/mol. The van der Waals surface area contributed by atoms with Crippen molar-refractivity contribution in [3.63, 3.8) is 0 Å². The summed E-state index contributed by atoms with van der Waals surface area (Å²) in [5.41, 5.74) is 1.69. The molecule has 0 bridgehead atoms. The predicted molar refractivity (Wildman–Crippen MR) is 88.0 cm³/mol. The third-order valence-electron chi connectivity index (χ3n) is 5.19. The Morgan fingerprint density at radius 1 is 1.26 bits per heavy atom. The van der Waals surface area contributed by atoms with Gasteiger partial charge < -0.3 is 10.0 Å². The van der Waals surface area contributed by atoms with Gasteiger partial charge in [-0.15, -0.1) is 0 Å². The minimum atomic E-state index is -0.453. The molecule has 1 atom stereocenters. The van der Waals surface area contributed by atoms with Crippen molar-refractivity contribution in [1.29, 1.82) is 0 Å². The van der Waals surface area contributed by atoms with Gasteiger partial charge in [0.05, 0.1) is 16.8 Å². The molecule has 0 unspecified atom stereocenters. The van der Waals surface area contributed by atoms with Crippen LogP contribution in [0.3, 0.4) is 0 Å². The van der Waals surface area contributed by atoms with Crippen LogP contribution in [0, 0.1) is 17.2 Å². The molecule has 5 heteroatoms. The van der Waals surface area contributed by atoms with Crippen molar-refractivity contribution in [2.45, 2.75) is 18.9 Å². The molecule has 1 aromatic carbocycles. The van der Waals surface area contributed by atoms with E-state index in [0.29, 0.717) is 5.69 Å². The van der Waals surface area contributed by atoms with Crippen molar-refractivity contribution in [2.24, 2.45) is 11.3 Å². The summed E-state index contributed by atoms with van der Waals surface area (Å²) in [7, 11) is 0. The first-order valence-corrected chi connectivity index (χ1v) is 8.23. The van der Waals surface area contributed by atoms with E-state index in [1.807, 2.05) is 17.0 Å². The number of aliphatic hydroxyl groups is 1. The lowest BCUT2D eigenvalue weighted by Crippen LogP contribution is -2.63. The number of hydrogen-bond acceptors (Lipinski definition) is 3. The summed E-state index contributed by atoms with van der Waals surface area (Å²) in [4.78, 5) is 6.10. The number of aliphatic hydroxyl groups excluding tert-OH is 1. The molecule has 3 nitrogen and oxygen atoms in total. The Balaban J connectivity index is 1.38. The SMILES string of the molecule is O[C@H](c1cccnc1)C1CC2(C1)CN(c1cccc(Cl)c1F)C2. The van der Waals surface area contributed by atoms with Crippen LogP contribution in [0.1, 0.15) is 24.5 Å². The molecule has 1 spiro atoms. The Bertz CT molecular complexity index is 710. The maximum absolute atomic E-state index is 14.1. The van der Waals surface area contributed by atoms with Crippen LogP contribution in [-0.2, 0) is 0 Å². The zero-order valence-corrected chi connectivity index (χ0v) is 13.4. The van der Waals surface area contributed by atoms with Gasteiger partial charge >= 0.3 is 0 Å². The van der Waals surface area contributed by atoms with Gasteiger partial charge in [0.2, 0.25) is 0 Å². The second kappa shape index (κ2) is 5.46. The maximum Gasteiger partial charge on any atom is 0.165 e. The molecule has 2 heterocycles. The first kappa shape index (κ1) is 14.9. The molecule has 1 saturated carbocycles. The van der Waals surface area contributed by atoms with Crippen LogP contribution < -0.4 is 4.90 Å². The highest BCUT2D eigenvalue weighted by atomic mass is 35.5. The Morgan fingerprint density at radius 3 is 2.74 bits per heavy atom. The van der Waals surface area contributed by atoms with E-state index in [4.69, 9.17) is 11.6 Å². The van der Waals surface area contributed by atoms with Crippen LogP contribution >= 0.6 is 11.6 Å². The summed E-state index contributed by atoms with van der Waals surface area (Å²) in [6.07, 6.45) is 4.93. The van der Waals surface area contributed by atoms with Gasteiger partial charge in [-0.3, -0.25) is 4.98 Å². The third-order valence-corrected chi connectivity index (χ3v) is 5.48. The number of anilines is 1. The Kier molecular flexibility index (Phi) is 3.54. The first-order chi connectivity index (χ1) is 11.1. The van der Waals surface area contributed by atoms with E-state index in [9.17, 15) is 9.50 Å². The molecule has 1 N–H and O–H groups in total. The van der Waals surface area contributed by atoms with Crippen molar-refractivity contribution < 1.29 is 9.50 Å². The average molecular weight is 333 g/mol. The van der Waals surface area contributed by atoms with Crippen molar-refractivity contribution >= 4 is 17.3 Å². The Hall–Kier alpha value is -1.65. The van der Waals surface area contributed by atoms with Gasteiger partial charge in [-0.05, 0) is 42.5 Å². The van der Waals surface area contributed by atoms with Gasteiger partial charge in [0.25, 0.3) is 0 Å². The van der Waals surface area contributed by atoms with Gasteiger partial charge in [0.15, 0.2) is 5.82 Å². The van der Waals surface area contributed by atoms with Gasteiger partial charge in [0, 0.05) is 30.9 Å². The highest BCUT2D eigenvalue weighted by Crippen LogP contribution is 2.56. The molecule has 2 aromatic rings. The molecule has 0 radical (unpaired) electrons. The summed E-state index contributed by atoms with van der Waals surface area (Å²) in [5, 5.41) is 10.6. The van der Waals surface area contributed by atoms with Crippen LogP contribution in [0.2, 0.25) is 5.02 Å². The van der Waals surface area contributed by atoms with Crippen molar-refractivity contribution in [3.8, 4) is 0 Å². The molecule has 1 aliphatic carbocycles. The van der Waals surface area contributed by atoms with E-state index in [1.54, 1.807) is 30.6 Å². The van der Waals surface area contributed by atoms with E-state index in [2.05, 4.69) is 4.98 Å². The topological polar surface area (TPSA) is 36.4 Å². The number of benzene rings is 1. The molecule has 1 aromatic heterocycles. The number of hydrogen-bond donors (Lipinski definition) is 1. The smallest absolute Gasteiger partial charge is 0.165 e. The number of nitrogens with zero attached hydrogens (tertiary/aromatic N) is 2. The van der Waals surface area contributed by atoms with Gasteiger partial charge in [0.1, 0.15) is 0 Å². The average Bonchev–Trinajstić information content (AvgIpc) is 2.49. The quantitative estimate of drug-likeness (QED) is 0.928. The Morgan fingerprint density at radius 2 is 2.04 bits per heavy atom. The van der Waals surface area contributed by atoms with Crippen LogP contribution in [0.15, 0.2) is 42.7 Å². The fourth-order valence-electron chi connectivity index (χ4n) is 4.03. The molecule has 1 saturated heterocycles. The van der Waals surface area contributed by atoms with Crippen LogP contribution in [-0.4, -0.2) is 23.2 Å². The van der Waals surface area contributed by atoms with E-state index >= 15 is 0 Å². The number of rotatable bonds is 3. The summed E-state index contributed by atoms with van der Waals surface area (Å²) in [6, 6.07) is 8.88. The second-order valence-corrected chi connectivity index (χ2v) is 7.24. The number of aromatic nitrogens is 1. The molecule has 120 valence electrons. The van der Waals surface area contributed by atoms with Crippen molar-refractivity contribution in [3.05, 3.63) is 59.1 Å². The lowest BCUT2D eigenvalue weighted by Gasteiger charge is -2.60. The molecular weight excluding hydrogens is 315 g/mol. The fraction of sp³-hybridized carbons (Fsp3) is 0.389. The largest absolute Gasteiger partial charge is 0.388 e. The number of halogens is 2. The number of pyridine rings is 1. The van der Waals surface area contributed by atoms with Crippen LogP contribution in [0.5, 0.6) is 0 Å². The Labute approximate surface area is 139 Å². The minimum Gasteiger partial charge on any atom is -0.388 e. The normalized spacial score (nSPS) is 20.9. The van der Waals surface area contributed by atoms with Crippen molar-refractivity contribution in [2.75, 3.05) is 18.0 Å². The van der Waals surface area contributed by atoms with E-state index in [0.717, 1.165) is 31.5 Å². The lowest BCUT2D eigenvalue weighted by atomic mass is 9.56. The van der Waals surface area contributed by atoms with Gasteiger partial charge in [-0.25, -0.2) is 4.39 Å². The van der Waals surface area contributed by atoms with E-state index in [-0.39, 0.29) is 22.2 Å². The predicted octanol–water partition coefficient (Wildman–Crippen LogP) is 3.82. The standard InChI is InChI=1S/C18H18ClFN2O/c19-14-4-1-5-15(16(14)20)22-10-18(11-22)7-13(8-18)17(23)12-3-2-6-21-9-12/h1-6,9,13,17,23H,7-8,10-11H2/t17-/m1/s1. The maximum atomic E-state index is 14.1. The second-order valence-electron chi connectivity index (χ2n) is 6.83. The highest BCUT2D eigenvalue weighted by Gasteiger charge is 2.54. The first-order valence-electron chi connectivity index (χ1n) is 7.85. The molecule has 2 aliphatic rings. The summed E-state index contributed by atoms with van der Waals surface area (Å²) < 4.78 is 14.1. The van der Waals surface area contributed by atoms with Crippen LogP contribution in [0.4, 0.5) is 10.1 Å². The third kappa shape index (κ3) is 2.50. The summed E-state index contributed by atoms with van der Waals surface area (Å²) >= 11 is 5.85. The lowest BCUT2D eigenvalue weighted by molar-refractivity contribution is -0.0511. The van der Waals surface area contributed by atoms with Gasteiger partial charge in [-0.2, -0.15) is 0 Å². The molecule has 1 aliphatic heterocycles. The van der Waals surface area contributed by atoms with Crippen molar-refractivity contribution in [1.82, 2.24) is 4.98 Å². The molecule has 4 rings (SSSR count). The summed E-state index contributed by atoms with van der Waals surface area (Å²) in [5.74, 6) is -0.0687. The van der Waals surface area contributed by atoms with Gasteiger partial charge in [-0.1, -0.05) is 23.7 Å². The molecule has 23 heavy (non-hydrogen) atoms. The zero-order chi connectivity index (χ0) is 16.0. The molecular formula is C18H18ClFN2O. The van der Waals surface area contributed by atoms with E-state index < -0.39 is 6.10 Å². The minimum absolute atomic E-state index is 0.168. The van der Waals surface area contributed by atoms with Crippen LogP contribution in [0.25, 0.3) is 0 Å². The zero-order valence-electron chi connectivity index (χ0n) is 12.6. The molecule has 2 fully saturated rings. The summed E-state index contributed by atoms with van der Waals surface area (Å²) in [6.45, 7) is 1.67. The highest BCUT2D eigenvalue weighted by molar-refractivity contribution is 6.31. The molecule has 0 amide bonds.